The first-order valence-corrected chi connectivity index (χ1v) is 6.55. The van der Waals surface area contributed by atoms with Gasteiger partial charge in [0, 0.05) is 0 Å². The molecule has 94 valence electrons. The summed E-state index contributed by atoms with van der Waals surface area (Å²) in [5.74, 6) is 0. The molecule has 0 saturated heterocycles. The fourth-order valence-corrected chi connectivity index (χ4v) is 1.60. The fraction of sp³-hybridized carbons (Fsp3) is 0.222. The molecule has 0 heterocycles. The Morgan fingerprint density at radius 3 is 1.67 bits per heavy atom. The Hall–Kier alpha value is -1.82. The van der Waals surface area contributed by atoms with Crippen LogP contribution in [0.4, 0.5) is 0 Å². The first-order chi connectivity index (χ1) is 8.80. The Labute approximate surface area is 111 Å². The van der Waals surface area contributed by atoms with Gasteiger partial charge in [-0.1, -0.05) is 81.1 Å². The Kier molecular flexibility index (Phi) is 6.56. The van der Waals surface area contributed by atoms with E-state index in [4.69, 9.17) is 0 Å². The van der Waals surface area contributed by atoms with Crippen LogP contribution in [0.15, 0.2) is 61.2 Å². The number of hydrogen-bond donors (Lipinski definition) is 0. The monoisotopic (exact) mass is 238 g/mol. The van der Waals surface area contributed by atoms with Crippen LogP contribution in [0.1, 0.15) is 30.5 Å². The van der Waals surface area contributed by atoms with E-state index in [1.807, 2.05) is 12.1 Å². The van der Waals surface area contributed by atoms with Crippen molar-refractivity contribution in [1.82, 2.24) is 0 Å². The van der Waals surface area contributed by atoms with Crippen LogP contribution < -0.4 is 0 Å². The highest BCUT2D eigenvalue weighted by atomic mass is 13.9. The fourth-order valence-electron chi connectivity index (χ4n) is 1.60. The van der Waals surface area contributed by atoms with E-state index in [0.717, 1.165) is 12.8 Å². The predicted octanol–water partition coefficient (Wildman–Crippen LogP) is 5.14. The Morgan fingerprint density at radius 2 is 1.28 bits per heavy atom. The van der Waals surface area contributed by atoms with Crippen molar-refractivity contribution in [3.63, 3.8) is 0 Å². The molecule has 2 rings (SSSR count). The van der Waals surface area contributed by atoms with Gasteiger partial charge in [-0.15, -0.1) is 0 Å². The summed E-state index contributed by atoms with van der Waals surface area (Å²) >= 11 is 0. The maximum Gasteiger partial charge on any atom is -0.0262 e. The summed E-state index contributed by atoms with van der Waals surface area (Å²) in [5, 5.41) is 0. The molecule has 0 aromatic heterocycles. The van der Waals surface area contributed by atoms with Crippen molar-refractivity contribution in [2.24, 2.45) is 0 Å². The van der Waals surface area contributed by atoms with Gasteiger partial charge in [-0.25, -0.2) is 0 Å². The summed E-state index contributed by atoms with van der Waals surface area (Å²) in [4.78, 5) is 0. The van der Waals surface area contributed by atoms with Gasteiger partial charge in [-0.2, -0.15) is 0 Å². The van der Waals surface area contributed by atoms with Crippen molar-refractivity contribution in [2.75, 3.05) is 0 Å². The highest BCUT2D eigenvalue weighted by Gasteiger charge is 1.86. The van der Waals surface area contributed by atoms with Gasteiger partial charge in [-0.05, 0) is 29.5 Å². The molecule has 0 aliphatic rings. The Morgan fingerprint density at radius 1 is 0.778 bits per heavy atom. The SMILES string of the molecule is C=Cc1ccc(CC)cc1.CCc1ccccc1. The van der Waals surface area contributed by atoms with E-state index >= 15 is 0 Å². The third kappa shape index (κ3) is 5.01. The van der Waals surface area contributed by atoms with Gasteiger partial charge in [0.05, 0.1) is 0 Å². The zero-order valence-electron chi connectivity index (χ0n) is 11.4. The molecule has 0 saturated carbocycles. The molecule has 2 aromatic carbocycles. The third-order valence-electron chi connectivity index (χ3n) is 2.87. The molecule has 0 radical (unpaired) electrons. The van der Waals surface area contributed by atoms with E-state index in [0.29, 0.717) is 0 Å². The van der Waals surface area contributed by atoms with Crippen LogP contribution in [0, 0.1) is 0 Å². The number of aryl methyl sites for hydroxylation is 2. The second-order valence-electron chi connectivity index (χ2n) is 4.14. The van der Waals surface area contributed by atoms with Crippen molar-refractivity contribution < 1.29 is 0 Å². The number of rotatable bonds is 3. The van der Waals surface area contributed by atoms with Gasteiger partial charge in [0.15, 0.2) is 0 Å². The van der Waals surface area contributed by atoms with Crippen molar-refractivity contribution in [1.29, 1.82) is 0 Å². The molecule has 0 heteroatoms. The third-order valence-corrected chi connectivity index (χ3v) is 2.87. The molecule has 0 N–H and O–H groups in total. The molecule has 0 amide bonds. The molecule has 0 atom stereocenters. The Bertz CT molecular complexity index is 437. The van der Waals surface area contributed by atoms with E-state index in [1.165, 1.54) is 16.7 Å². The lowest BCUT2D eigenvalue weighted by Crippen LogP contribution is -1.78. The molecule has 0 unspecified atom stereocenters. The quantitative estimate of drug-likeness (QED) is 0.694. The Balaban J connectivity index is 0.000000184. The molecule has 0 aliphatic heterocycles. The summed E-state index contributed by atoms with van der Waals surface area (Å²) in [5.41, 5.74) is 3.98. The van der Waals surface area contributed by atoms with Crippen LogP contribution in [-0.4, -0.2) is 0 Å². The number of hydrogen-bond acceptors (Lipinski definition) is 0. The average Bonchev–Trinajstić information content (AvgIpc) is 2.49. The highest BCUT2D eigenvalue weighted by Crippen LogP contribution is 2.05. The van der Waals surface area contributed by atoms with Gasteiger partial charge in [-0.3, -0.25) is 0 Å². The lowest BCUT2D eigenvalue weighted by Gasteiger charge is -1.95. The largest absolute Gasteiger partial charge is 0.0985 e. The molecule has 18 heavy (non-hydrogen) atoms. The molecular weight excluding hydrogens is 216 g/mol. The summed E-state index contributed by atoms with van der Waals surface area (Å²) in [6.07, 6.45) is 4.11. The van der Waals surface area contributed by atoms with Crippen LogP contribution in [0.2, 0.25) is 0 Å². The van der Waals surface area contributed by atoms with E-state index in [9.17, 15) is 0 Å². The van der Waals surface area contributed by atoms with Crippen molar-refractivity contribution >= 4 is 6.08 Å². The summed E-state index contributed by atoms with van der Waals surface area (Å²) in [6, 6.07) is 18.9. The maximum absolute atomic E-state index is 3.69. The maximum atomic E-state index is 3.69. The minimum Gasteiger partial charge on any atom is -0.0985 e. The molecule has 0 spiro atoms. The van der Waals surface area contributed by atoms with E-state index < -0.39 is 0 Å². The lowest BCUT2D eigenvalue weighted by molar-refractivity contribution is 1.14. The van der Waals surface area contributed by atoms with E-state index in [-0.39, 0.29) is 0 Å². The van der Waals surface area contributed by atoms with Crippen LogP contribution in [0.25, 0.3) is 6.08 Å². The smallest absolute Gasteiger partial charge is 0.0262 e. The van der Waals surface area contributed by atoms with Crippen LogP contribution >= 0.6 is 0 Å². The lowest BCUT2D eigenvalue weighted by atomic mass is 10.1. The summed E-state index contributed by atoms with van der Waals surface area (Å²) in [7, 11) is 0. The first-order valence-electron chi connectivity index (χ1n) is 6.55. The zero-order chi connectivity index (χ0) is 13.2. The van der Waals surface area contributed by atoms with Gasteiger partial charge < -0.3 is 0 Å². The van der Waals surface area contributed by atoms with Crippen molar-refractivity contribution in [3.05, 3.63) is 77.9 Å². The highest BCUT2D eigenvalue weighted by molar-refractivity contribution is 5.47. The molecule has 0 fully saturated rings. The van der Waals surface area contributed by atoms with Crippen LogP contribution in [0.3, 0.4) is 0 Å². The topological polar surface area (TPSA) is 0 Å². The second kappa shape index (κ2) is 8.30. The molecule has 0 aliphatic carbocycles. The molecule has 2 aromatic rings. The summed E-state index contributed by atoms with van der Waals surface area (Å²) < 4.78 is 0. The molecular formula is C18H22. The van der Waals surface area contributed by atoms with Gasteiger partial charge >= 0.3 is 0 Å². The number of benzene rings is 2. The van der Waals surface area contributed by atoms with Gasteiger partial charge in [0.1, 0.15) is 0 Å². The summed E-state index contributed by atoms with van der Waals surface area (Å²) in [6.45, 7) is 8.00. The predicted molar refractivity (Wildman–Crippen MR) is 81.7 cm³/mol. The van der Waals surface area contributed by atoms with E-state index in [2.05, 4.69) is 69.0 Å². The van der Waals surface area contributed by atoms with Gasteiger partial charge in [0.25, 0.3) is 0 Å². The minimum atomic E-state index is 1.11. The normalized spacial score (nSPS) is 9.22. The van der Waals surface area contributed by atoms with E-state index in [1.54, 1.807) is 0 Å². The molecule has 0 nitrogen and oxygen atoms in total. The van der Waals surface area contributed by atoms with Crippen LogP contribution in [-0.2, 0) is 12.8 Å². The van der Waals surface area contributed by atoms with Crippen molar-refractivity contribution in [3.8, 4) is 0 Å². The standard InChI is InChI=1S/C10H12.C8H10/c1-3-9-5-7-10(4-2)8-6-9;1-2-8-6-4-3-5-7-8/h3,5-8H,1,4H2,2H3;3-7H,2H2,1H3. The van der Waals surface area contributed by atoms with Crippen LogP contribution in [0.5, 0.6) is 0 Å². The van der Waals surface area contributed by atoms with Crippen molar-refractivity contribution in [2.45, 2.75) is 26.7 Å². The average molecular weight is 238 g/mol. The first kappa shape index (κ1) is 14.2. The van der Waals surface area contributed by atoms with Gasteiger partial charge in [0.2, 0.25) is 0 Å². The second-order valence-corrected chi connectivity index (χ2v) is 4.14. The molecule has 0 bridgehead atoms. The zero-order valence-corrected chi connectivity index (χ0v) is 11.4. The minimum absolute atomic E-state index is 1.11.